The van der Waals surface area contributed by atoms with Crippen LogP contribution in [0.25, 0.3) is 10.4 Å². The molecule has 0 aliphatic rings. The average molecular weight is 271 g/mol. The number of thiophene rings is 1. The van der Waals surface area contributed by atoms with E-state index < -0.39 is 18.1 Å². The highest BCUT2D eigenvalue weighted by atomic mass is 32.1. The van der Waals surface area contributed by atoms with E-state index in [4.69, 9.17) is 11.4 Å². The molecule has 0 aliphatic carbocycles. The maximum absolute atomic E-state index is 11.2. The van der Waals surface area contributed by atoms with Crippen molar-refractivity contribution in [1.29, 1.82) is 0 Å². The fraction of sp³-hybridized carbons (Fsp3) is 0.444. The molecule has 0 bridgehead atoms. The minimum Gasteiger partial charge on any atom is -0.390 e. The molecule has 0 aromatic carbocycles. The zero-order chi connectivity index (χ0) is 13.5. The lowest BCUT2D eigenvalue weighted by Crippen LogP contribution is -2.29. The minimum atomic E-state index is -1.12. The van der Waals surface area contributed by atoms with Crippen LogP contribution in [0.2, 0.25) is 0 Å². The average Bonchev–Trinajstić information content (AvgIpc) is 2.86. The first kappa shape index (κ1) is 14.4. The number of amides is 1. The lowest BCUT2D eigenvalue weighted by molar-refractivity contribution is 0.0172. The Kier molecular flexibility index (Phi) is 5.56. The molecule has 8 nitrogen and oxygen atoms in total. The Morgan fingerprint density at radius 2 is 2.33 bits per heavy atom. The van der Waals surface area contributed by atoms with Crippen molar-refractivity contribution in [3.8, 4) is 0 Å². The van der Waals surface area contributed by atoms with Gasteiger partial charge >= 0.3 is 0 Å². The molecule has 0 saturated carbocycles. The monoisotopic (exact) mass is 271 g/mol. The molecule has 18 heavy (non-hydrogen) atoms. The Morgan fingerprint density at radius 3 is 2.94 bits per heavy atom. The van der Waals surface area contributed by atoms with Crippen LogP contribution in [0.3, 0.4) is 0 Å². The second-order valence-corrected chi connectivity index (χ2v) is 4.55. The van der Waals surface area contributed by atoms with E-state index in [0.717, 1.165) is 11.3 Å². The summed E-state index contributed by atoms with van der Waals surface area (Å²) in [5.74, 6) is 4.52. The minimum absolute atomic E-state index is 0.0935. The zero-order valence-electron chi connectivity index (χ0n) is 9.35. The summed E-state index contributed by atoms with van der Waals surface area (Å²) in [5, 5.41) is 22.7. The first-order chi connectivity index (χ1) is 8.60. The van der Waals surface area contributed by atoms with Crippen molar-refractivity contribution in [3.05, 3.63) is 32.3 Å². The Balaban J connectivity index is 2.65. The van der Waals surface area contributed by atoms with Gasteiger partial charge in [-0.15, -0.1) is 11.3 Å². The number of hydrazine groups is 1. The zero-order valence-corrected chi connectivity index (χ0v) is 10.2. The van der Waals surface area contributed by atoms with Crippen LogP contribution < -0.4 is 11.3 Å². The highest BCUT2D eigenvalue weighted by Crippen LogP contribution is 2.26. The Bertz CT molecular complexity index is 457. The molecular formula is C9H13N5O3S. The van der Waals surface area contributed by atoms with Gasteiger partial charge in [0.2, 0.25) is 0 Å². The molecule has 0 radical (unpaired) electrons. The molecule has 2 atom stereocenters. The van der Waals surface area contributed by atoms with E-state index in [0.29, 0.717) is 9.75 Å². The van der Waals surface area contributed by atoms with Gasteiger partial charge in [0.1, 0.15) is 6.10 Å². The number of rotatable bonds is 6. The molecule has 0 fully saturated rings. The van der Waals surface area contributed by atoms with Crippen molar-refractivity contribution in [1.82, 2.24) is 5.43 Å². The number of azide groups is 1. The molecule has 5 N–H and O–H groups in total. The molecule has 2 unspecified atom stereocenters. The molecule has 0 saturated heterocycles. The van der Waals surface area contributed by atoms with Gasteiger partial charge in [0, 0.05) is 16.3 Å². The normalized spacial score (nSPS) is 13.5. The first-order valence-electron chi connectivity index (χ1n) is 5.07. The van der Waals surface area contributed by atoms with Crippen molar-refractivity contribution < 1.29 is 15.0 Å². The third-order valence-electron chi connectivity index (χ3n) is 2.23. The van der Waals surface area contributed by atoms with E-state index in [2.05, 4.69) is 10.0 Å². The summed E-state index contributed by atoms with van der Waals surface area (Å²) in [7, 11) is 0. The van der Waals surface area contributed by atoms with Gasteiger partial charge in [-0.05, 0) is 24.1 Å². The Labute approximate surface area is 107 Å². The molecule has 1 rings (SSSR count). The summed E-state index contributed by atoms with van der Waals surface area (Å²) in [6, 6.07) is 3.04. The molecular weight excluding hydrogens is 258 g/mol. The molecule has 1 heterocycles. The Morgan fingerprint density at radius 1 is 1.61 bits per heavy atom. The summed E-state index contributed by atoms with van der Waals surface area (Å²) in [4.78, 5) is 14.5. The number of nitrogens with two attached hydrogens (primary N) is 1. The summed E-state index contributed by atoms with van der Waals surface area (Å²) in [6.07, 6.45) is -2.03. The molecule has 9 heteroatoms. The topological polar surface area (TPSA) is 144 Å². The van der Waals surface area contributed by atoms with Crippen molar-refractivity contribution in [2.45, 2.75) is 18.6 Å². The van der Waals surface area contributed by atoms with Crippen LogP contribution in [0.4, 0.5) is 0 Å². The van der Waals surface area contributed by atoms with Crippen molar-refractivity contribution in [2.24, 2.45) is 11.0 Å². The third-order valence-corrected chi connectivity index (χ3v) is 3.38. The van der Waals surface area contributed by atoms with E-state index in [1.807, 2.05) is 5.43 Å². The number of hydrogen-bond acceptors (Lipinski definition) is 6. The van der Waals surface area contributed by atoms with Crippen molar-refractivity contribution >= 4 is 17.2 Å². The predicted molar refractivity (Wildman–Crippen MR) is 65.6 cm³/mol. The quantitative estimate of drug-likeness (QED) is 0.148. The van der Waals surface area contributed by atoms with Crippen LogP contribution in [0.15, 0.2) is 17.2 Å². The third kappa shape index (κ3) is 3.69. The molecule has 1 aromatic heterocycles. The molecule has 1 amide bonds. The van der Waals surface area contributed by atoms with Gasteiger partial charge in [-0.2, -0.15) is 0 Å². The number of nitrogen functional groups attached to an aromatic ring is 1. The maximum Gasteiger partial charge on any atom is 0.275 e. The van der Waals surface area contributed by atoms with E-state index in [1.54, 1.807) is 0 Å². The van der Waals surface area contributed by atoms with Gasteiger partial charge in [-0.3, -0.25) is 10.2 Å². The molecule has 1 aromatic rings. The van der Waals surface area contributed by atoms with E-state index in [9.17, 15) is 15.0 Å². The van der Waals surface area contributed by atoms with Crippen LogP contribution in [0, 0.1) is 0 Å². The SMILES string of the molecule is [N-]=[N+]=NCCC(O)C(O)c1ccc(C(=O)NN)s1. The van der Waals surface area contributed by atoms with E-state index in [1.165, 1.54) is 12.1 Å². The van der Waals surface area contributed by atoms with Crippen molar-refractivity contribution in [3.63, 3.8) is 0 Å². The standard InChI is InChI=1S/C9H13N5O3S/c10-13-9(17)7-2-1-6(18-7)8(16)5(15)3-4-12-14-11/h1-2,5,8,15-16H,3-4,10H2,(H,13,17). The van der Waals surface area contributed by atoms with Gasteiger partial charge in [0.05, 0.1) is 11.0 Å². The first-order valence-corrected chi connectivity index (χ1v) is 5.89. The predicted octanol–water partition coefficient (Wildman–Crippen LogP) is 0.446. The van der Waals surface area contributed by atoms with Gasteiger partial charge in [-0.1, -0.05) is 5.11 Å². The number of nitrogens with one attached hydrogen (secondary N) is 1. The largest absolute Gasteiger partial charge is 0.390 e. The fourth-order valence-corrected chi connectivity index (χ4v) is 2.24. The van der Waals surface area contributed by atoms with Crippen LogP contribution in [-0.2, 0) is 0 Å². The number of aliphatic hydroxyl groups is 2. The lowest BCUT2D eigenvalue weighted by atomic mass is 10.1. The second-order valence-electron chi connectivity index (χ2n) is 3.43. The summed E-state index contributed by atoms with van der Waals surface area (Å²) < 4.78 is 0. The van der Waals surface area contributed by atoms with Gasteiger partial charge < -0.3 is 10.2 Å². The van der Waals surface area contributed by atoms with Crippen molar-refractivity contribution in [2.75, 3.05) is 6.54 Å². The van der Waals surface area contributed by atoms with Gasteiger partial charge in [0.25, 0.3) is 5.91 Å². The Hall–Kier alpha value is -1.64. The fourth-order valence-electron chi connectivity index (χ4n) is 1.29. The summed E-state index contributed by atoms with van der Waals surface area (Å²) in [5.41, 5.74) is 10.1. The van der Waals surface area contributed by atoms with E-state index >= 15 is 0 Å². The summed E-state index contributed by atoms with van der Waals surface area (Å²) in [6.45, 7) is 0.0935. The molecule has 0 aliphatic heterocycles. The van der Waals surface area contributed by atoms with Gasteiger partial charge in [0.15, 0.2) is 0 Å². The number of aliphatic hydroxyl groups excluding tert-OH is 2. The number of carbonyl (C=O) groups excluding carboxylic acids is 1. The summed E-state index contributed by atoms with van der Waals surface area (Å²) >= 11 is 1.04. The van der Waals surface area contributed by atoms with Gasteiger partial charge in [-0.25, -0.2) is 5.84 Å². The number of nitrogens with zero attached hydrogens (tertiary/aromatic N) is 3. The molecule has 0 spiro atoms. The van der Waals surface area contributed by atoms with Crippen LogP contribution in [-0.4, -0.2) is 28.8 Å². The number of hydrogen-bond donors (Lipinski definition) is 4. The van der Waals surface area contributed by atoms with Crippen LogP contribution in [0.1, 0.15) is 27.1 Å². The maximum atomic E-state index is 11.2. The highest BCUT2D eigenvalue weighted by Gasteiger charge is 2.20. The highest BCUT2D eigenvalue weighted by molar-refractivity contribution is 7.14. The van der Waals surface area contributed by atoms with Crippen LogP contribution in [0.5, 0.6) is 0 Å². The lowest BCUT2D eigenvalue weighted by Gasteiger charge is -2.15. The van der Waals surface area contributed by atoms with Crippen LogP contribution >= 0.6 is 11.3 Å². The second kappa shape index (κ2) is 6.94. The smallest absolute Gasteiger partial charge is 0.275 e. The number of carbonyl (C=O) groups is 1. The van der Waals surface area contributed by atoms with E-state index in [-0.39, 0.29) is 13.0 Å². The molecule has 98 valence electrons.